The highest BCUT2D eigenvalue weighted by Crippen LogP contribution is 2.46. The van der Waals surface area contributed by atoms with Gasteiger partial charge in [0.15, 0.2) is 0 Å². The first-order valence-electron chi connectivity index (χ1n) is 7.55. The highest BCUT2D eigenvalue weighted by atomic mass is 15.2. The summed E-state index contributed by atoms with van der Waals surface area (Å²) >= 11 is 0. The van der Waals surface area contributed by atoms with Gasteiger partial charge in [0, 0.05) is 0 Å². The van der Waals surface area contributed by atoms with Crippen LogP contribution in [0.5, 0.6) is 0 Å². The van der Waals surface area contributed by atoms with Crippen molar-refractivity contribution in [1.29, 1.82) is 0 Å². The minimum atomic E-state index is -0.120. The highest BCUT2D eigenvalue weighted by Gasteiger charge is 2.40. The summed E-state index contributed by atoms with van der Waals surface area (Å²) in [6.45, 7) is 8.59. The number of nitrogen functional groups attached to an aromatic ring is 1. The molecule has 0 spiro atoms. The van der Waals surface area contributed by atoms with Gasteiger partial charge in [-0.25, -0.2) is 0 Å². The zero-order valence-corrected chi connectivity index (χ0v) is 13.2. The number of anilines is 2. The quantitative estimate of drug-likeness (QED) is 0.873. The number of nitrogens with one attached hydrogen (secondary N) is 1. The molecule has 1 heterocycles. The van der Waals surface area contributed by atoms with E-state index in [0.29, 0.717) is 17.7 Å². The van der Waals surface area contributed by atoms with E-state index in [4.69, 9.17) is 5.73 Å². The minimum absolute atomic E-state index is 0.120. The summed E-state index contributed by atoms with van der Waals surface area (Å²) in [6, 6.07) is 0. The number of nitrogens with zero attached hydrogens (tertiary/aromatic N) is 3. The molecule has 1 aromatic rings. The van der Waals surface area contributed by atoms with Crippen LogP contribution in [-0.4, -0.2) is 20.5 Å². The van der Waals surface area contributed by atoms with Crippen molar-refractivity contribution in [3.8, 4) is 0 Å². The first-order chi connectivity index (χ1) is 9.87. The lowest BCUT2D eigenvalue weighted by Crippen LogP contribution is -2.35. The normalized spacial score (nSPS) is 28.4. The van der Waals surface area contributed by atoms with Crippen LogP contribution >= 0.6 is 0 Å². The third-order valence-corrected chi connectivity index (χ3v) is 4.54. The predicted molar refractivity (Wildman–Crippen MR) is 84.8 cm³/mol. The summed E-state index contributed by atoms with van der Waals surface area (Å²) in [6.07, 6.45) is 5.75. The fourth-order valence-corrected chi connectivity index (χ4v) is 3.59. The number of aryl methyl sites for hydroxylation is 1. The summed E-state index contributed by atoms with van der Waals surface area (Å²) in [5.74, 6) is 2.07. The van der Waals surface area contributed by atoms with Crippen LogP contribution in [0, 0.1) is 12.8 Å². The Balaban J connectivity index is 1.95. The maximum absolute atomic E-state index is 5.73. The zero-order chi connectivity index (χ0) is 15.2. The van der Waals surface area contributed by atoms with Crippen LogP contribution in [0.4, 0.5) is 11.9 Å². The van der Waals surface area contributed by atoms with Crippen molar-refractivity contribution in [2.45, 2.75) is 52.5 Å². The molecule has 1 fully saturated rings. The molecule has 112 valence electrons. The average Bonchev–Trinajstić information content (AvgIpc) is 2.65. The van der Waals surface area contributed by atoms with Crippen LogP contribution in [0.2, 0.25) is 0 Å². The van der Waals surface area contributed by atoms with E-state index in [2.05, 4.69) is 47.1 Å². The Bertz CT molecular complexity index is 626. The van der Waals surface area contributed by atoms with Gasteiger partial charge < -0.3 is 11.1 Å². The Kier molecular flexibility index (Phi) is 3.23. The molecule has 0 saturated heterocycles. The molecule has 5 nitrogen and oxygen atoms in total. The Morgan fingerprint density at radius 2 is 2.05 bits per heavy atom. The lowest BCUT2D eigenvalue weighted by molar-refractivity contribution is 0.593. The molecule has 1 unspecified atom stereocenters. The number of hydrogen-bond acceptors (Lipinski definition) is 5. The van der Waals surface area contributed by atoms with E-state index in [9.17, 15) is 0 Å². The Labute approximate surface area is 125 Å². The Hall–Kier alpha value is -1.91. The van der Waals surface area contributed by atoms with E-state index in [1.165, 1.54) is 23.1 Å². The fraction of sp³-hybridized carbons (Fsp3) is 0.562. The molecule has 0 aliphatic heterocycles. The third-order valence-electron chi connectivity index (χ3n) is 4.54. The molecule has 3 N–H and O–H groups in total. The Morgan fingerprint density at radius 3 is 2.76 bits per heavy atom. The first-order valence-corrected chi connectivity index (χ1v) is 7.55. The lowest BCUT2D eigenvalue weighted by Gasteiger charge is -2.31. The van der Waals surface area contributed by atoms with Gasteiger partial charge in [-0.15, -0.1) is 0 Å². The molecule has 2 atom stereocenters. The molecule has 2 aliphatic rings. The summed E-state index contributed by atoms with van der Waals surface area (Å²) in [5, 5.41) is 3.49. The molecule has 1 saturated carbocycles. The molecule has 3 rings (SSSR count). The second-order valence-electron chi connectivity index (χ2n) is 6.54. The molecular formula is C16H23N5. The second kappa shape index (κ2) is 4.83. The molecule has 0 aromatic carbocycles. The molecule has 0 bridgehead atoms. The van der Waals surface area contributed by atoms with Gasteiger partial charge in [0.25, 0.3) is 0 Å². The van der Waals surface area contributed by atoms with E-state index >= 15 is 0 Å². The molecule has 0 radical (unpaired) electrons. The number of fused-ring (bicyclic) bond motifs is 1. The fourth-order valence-electron chi connectivity index (χ4n) is 3.59. The van der Waals surface area contributed by atoms with E-state index in [-0.39, 0.29) is 11.5 Å². The predicted octanol–water partition coefficient (Wildman–Crippen LogP) is 3.01. The van der Waals surface area contributed by atoms with E-state index in [0.717, 1.165) is 12.8 Å². The van der Waals surface area contributed by atoms with Gasteiger partial charge in [-0.1, -0.05) is 18.6 Å². The molecule has 0 amide bonds. The van der Waals surface area contributed by atoms with E-state index in [1.54, 1.807) is 0 Å². The van der Waals surface area contributed by atoms with Crippen molar-refractivity contribution in [2.24, 2.45) is 5.92 Å². The first kappa shape index (κ1) is 14.0. The van der Waals surface area contributed by atoms with Crippen LogP contribution in [0.3, 0.4) is 0 Å². The van der Waals surface area contributed by atoms with Gasteiger partial charge in [-0.3, -0.25) is 0 Å². The number of allylic oxidation sites excluding steroid dienone is 2. The monoisotopic (exact) mass is 285 g/mol. The van der Waals surface area contributed by atoms with Crippen LogP contribution in [0.1, 0.15) is 45.9 Å². The minimum Gasteiger partial charge on any atom is -0.368 e. The topological polar surface area (TPSA) is 76.7 Å². The van der Waals surface area contributed by atoms with Crippen LogP contribution in [0.15, 0.2) is 22.8 Å². The summed E-state index contributed by atoms with van der Waals surface area (Å²) in [5.41, 5.74) is 10.1. The van der Waals surface area contributed by atoms with Gasteiger partial charge in [0.2, 0.25) is 11.9 Å². The number of nitrogens with two attached hydrogens (primary N) is 1. The summed E-state index contributed by atoms with van der Waals surface area (Å²) in [4.78, 5) is 12.6. The van der Waals surface area contributed by atoms with Gasteiger partial charge in [-0.05, 0) is 57.1 Å². The van der Waals surface area contributed by atoms with Crippen LogP contribution in [0.25, 0.3) is 0 Å². The second-order valence-corrected chi connectivity index (χ2v) is 6.54. The lowest BCUT2D eigenvalue weighted by atomic mass is 9.83. The average molecular weight is 285 g/mol. The number of hydrogen-bond donors (Lipinski definition) is 2. The van der Waals surface area contributed by atoms with Gasteiger partial charge in [0.05, 0.1) is 5.54 Å². The maximum atomic E-state index is 5.73. The van der Waals surface area contributed by atoms with Gasteiger partial charge in [-0.2, -0.15) is 15.0 Å². The molecular weight excluding hydrogens is 262 g/mol. The van der Waals surface area contributed by atoms with Crippen LogP contribution < -0.4 is 11.1 Å². The van der Waals surface area contributed by atoms with Crippen molar-refractivity contribution in [1.82, 2.24) is 15.0 Å². The van der Waals surface area contributed by atoms with Crippen molar-refractivity contribution in [3.63, 3.8) is 0 Å². The third kappa shape index (κ3) is 2.52. The number of aromatic nitrogens is 3. The van der Waals surface area contributed by atoms with Crippen molar-refractivity contribution < 1.29 is 0 Å². The largest absolute Gasteiger partial charge is 0.368 e. The standard InChI is InChI=1S/C16H23N5/c1-9-7-10(2)12-5-6-16(4,13(12)8-9)21-15-19-11(3)18-14(17)20-15/h8-9H,5-7H2,1-4H3,(H3,17,18,19,20,21)/t9?,16-/m1/s1. The van der Waals surface area contributed by atoms with Crippen LogP contribution in [-0.2, 0) is 0 Å². The van der Waals surface area contributed by atoms with E-state index < -0.39 is 0 Å². The van der Waals surface area contributed by atoms with Crippen molar-refractivity contribution in [3.05, 3.63) is 28.6 Å². The van der Waals surface area contributed by atoms with Gasteiger partial charge in [0.1, 0.15) is 5.82 Å². The molecule has 2 aliphatic carbocycles. The summed E-state index contributed by atoms with van der Waals surface area (Å²) in [7, 11) is 0. The smallest absolute Gasteiger partial charge is 0.228 e. The van der Waals surface area contributed by atoms with Crippen molar-refractivity contribution >= 4 is 11.9 Å². The molecule has 1 aromatic heterocycles. The summed E-state index contributed by atoms with van der Waals surface area (Å²) < 4.78 is 0. The van der Waals surface area contributed by atoms with E-state index in [1.807, 2.05) is 6.92 Å². The molecule has 21 heavy (non-hydrogen) atoms. The Morgan fingerprint density at radius 1 is 1.29 bits per heavy atom. The molecule has 5 heteroatoms. The van der Waals surface area contributed by atoms with Gasteiger partial charge >= 0.3 is 0 Å². The SMILES string of the molecule is CC1=C2CC[C@@](C)(Nc3nc(C)nc(N)n3)C2=CC(C)C1. The maximum Gasteiger partial charge on any atom is 0.228 e. The zero-order valence-electron chi connectivity index (χ0n) is 13.2. The van der Waals surface area contributed by atoms with Crippen molar-refractivity contribution in [2.75, 3.05) is 11.1 Å². The highest BCUT2D eigenvalue weighted by molar-refractivity contribution is 5.54. The number of rotatable bonds is 2.